The highest BCUT2D eigenvalue weighted by Crippen LogP contribution is 2.19. The third-order valence-corrected chi connectivity index (χ3v) is 3.26. The second-order valence-electron chi connectivity index (χ2n) is 2.69. The first-order valence-electron chi connectivity index (χ1n) is 4.67. The minimum Gasteiger partial charge on any atom is -0.134 e. The summed E-state index contributed by atoms with van der Waals surface area (Å²) in [6, 6.07) is 0. The van der Waals surface area contributed by atoms with Crippen molar-refractivity contribution in [2.75, 3.05) is 12.5 Å². The Morgan fingerprint density at radius 2 is 1.73 bits per heavy atom. The van der Waals surface area contributed by atoms with E-state index in [1.807, 2.05) is 24.3 Å². The van der Waals surface area contributed by atoms with E-state index in [9.17, 15) is 0 Å². The molecule has 0 aliphatic carbocycles. The Hall–Kier alpha value is -0.600. The number of thioether (sulfide) groups is 2. The molecular weight excluding hydrogens is 220 g/mol. The zero-order chi connectivity index (χ0) is 11.5. The van der Waals surface area contributed by atoms with Crippen molar-refractivity contribution in [3.8, 4) is 0 Å². The summed E-state index contributed by atoms with van der Waals surface area (Å²) in [6.07, 6.45) is 17.1. The lowest BCUT2D eigenvalue weighted by Gasteiger charge is -1.98. The highest BCUT2D eigenvalue weighted by Gasteiger charge is 1.90. The Labute approximate surface area is 102 Å². The van der Waals surface area contributed by atoms with Crippen LogP contribution in [0.4, 0.5) is 0 Å². The van der Waals surface area contributed by atoms with Gasteiger partial charge in [0.25, 0.3) is 0 Å². The zero-order valence-corrected chi connectivity index (χ0v) is 11.0. The molecule has 0 N–H and O–H groups in total. The first-order chi connectivity index (χ1) is 7.28. The molecule has 0 radical (unpaired) electrons. The second kappa shape index (κ2) is 9.94. The molecular formula is C13H18S2. The predicted molar refractivity (Wildman–Crippen MR) is 77.3 cm³/mol. The summed E-state index contributed by atoms with van der Waals surface area (Å²) in [7, 11) is 0. The van der Waals surface area contributed by atoms with Gasteiger partial charge in [0.15, 0.2) is 0 Å². The maximum absolute atomic E-state index is 3.69. The van der Waals surface area contributed by atoms with Crippen LogP contribution in [0.15, 0.2) is 59.4 Å². The lowest BCUT2D eigenvalue weighted by atomic mass is 10.3. The Bertz CT molecular complexity index is 283. The molecule has 0 atom stereocenters. The van der Waals surface area contributed by atoms with Gasteiger partial charge in [-0.25, -0.2) is 0 Å². The molecule has 0 aliphatic heterocycles. The van der Waals surface area contributed by atoms with E-state index in [2.05, 4.69) is 37.8 Å². The van der Waals surface area contributed by atoms with Crippen molar-refractivity contribution in [3.05, 3.63) is 59.4 Å². The first kappa shape index (κ1) is 14.4. The third-order valence-electron chi connectivity index (χ3n) is 1.68. The number of rotatable bonds is 7. The van der Waals surface area contributed by atoms with Gasteiger partial charge in [0.1, 0.15) is 0 Å². The van der Waals surface area contributed by atoms with Gasteiger partial charge in [0.2, 0.25) is 0 Å². The highest BCUT2D eigenvalue weighted by molar-refractivity contribution is 8.02. The molecule has 0 amide bonds. The molecule has 0 saturated carbocycles. The maximum Gasteiger partial charge on any atom is 0.00658 e. The van der Waals surface area contributed by atoms with E-state index in [1.54, 1.807) is 23.5 Å². The molecule has 0 aromatic heterocycles. The van der Waals surface area contributed by atoms with E-state index in [-0.39, 0.29) is 0 Å². The van der Waals surface area contributed by atoms with Gasteiger partial charge < -0.3 is 0 Å². The summed E-state index contributed by atoms with van der Waals surface area (Å²) < 4.78 is 0. The third kappa shape index (κ3) is 7.34. The van der Waals surface area contributed by atoms with E-state index < -0.39 is 0 Å². The van der Waals surface area contributed by atoms with Crippen molar-refractivity contribution in [1.29, 1.82) is 0 Å². The van der Waals surface area contributed by atoms with Gasteiger partial charge in [-0.15, -0.1) is 23.5 Å². The van der Waals surface area contributed by atoms with E-state index in [1.165, 1.54) is 9.81 Å². The molecule has 0 saturated heterocycles. The van der Waals surface area contributed by atoms with Crippen molar-refractivity contribution in [3.63, 3.8) is 0 Å². The van der Waals surface area contributed by atoms with Crippen LogP contribution in [-0.4, -0.2) is 12.5 Å². The molecule has 0 aromatic rings. The summed E-state index contributed by atoms with van der Waals surface area (Å²) >= 11 is 3.48. The van der Waals surface area contributed by atoms with E-state index in [4.69, 9.17) is 0 Å². The molecule has 0 aromatic carbocycles. The van der Waals surface area contributed by atoms with E-state index >= 15 is 0 Å². The fraction of sp³-hybridized carbons (Fsp3) is 0.231. The van der Waals surface area contributed by atoms with Crippen LogP contribution in [0.1, 0.15) is 6.42 Å². The lowest BCUT2D eigenvalue weighted by molar-refractivity contribution is 1.36. The molecule has 0 unspecified atom stereocenters. The standard InChI is InChI=1S/C13H18S2/c1-5-8-12(14-3)10-7-11-13(15-4)9-6-2/h5-10H,1-2,11H2,3-4H3/b10-7-,12-8+,13-9-. The molecule has 0 rings (SSSR count). The molecule has 0 heterocycles. The average molecular weight is 238 g/mol. The number of allylic oxidation sites excluding steroid dienone is 7. The van der Waals surface area contributed by atoms with Gasteiger partial charge >= 0.3 is 0 Å². The Balaban J connectivity index is 4.28. The topological polar surface area (TPSA) is 0 Å². The minimum absolute atomic E-state index is 0.961. The van der Waals surface area contributed by atoms with Crippen LogP contribution in [0.25, 0.3) is 0 Å². The summed E-state index contributed by atoms with van der Waals surface area (Å²) in [5.74, 6) is 0. The van der Waals surface area contributed by atoms with Gasteiger partial charge in [0.05, 0.1) is 0 Å². The monoisotopic (exact) mass is 238 g/mol. The van der Waals surface area contributed by atoms with E-state index in [0.717, 1.165) is 6.42 Å². The van der Waals surface area contributed by atoms with Gasteiger partial charge in [-0.1, -0.05) is 43.5 Å². The fourth-order valence-corrected chi connectivity index (χ4v) is 1.91. The van der Waals surface area contributed by atoms with E-state index in [0.29, 0.717) is 0 Å². The summed E-state index contributed by atoms with van der Waals surface area (Å²) in [5, 5.41) is 0. The van der Waals surface area contributed by atoms with Crippen LogP contribution in [0.5, 0.6) is 0 Å². The Morgan fingerprint density at radius 3 is 2.20 bits per heavy atom. The average Bonchev–Trinajstić information content (AvgIpc) is 2.26. The molecule has 0 aliphatic rings. The molecule has 15 heavy (non-hydrogen) atoms. The molecule has 0 nitrogen and oxygen atoms in total. The normalized spacial score (nSPS) is 13.2. The second-order valence-corrected chi connectivity index (χ2v) is 4.50. The predicted octanol–water partition coefficient (Wildman–Crippen LogP) is 4.80. The summed E-state index contributed by atoms with van der Waals surface area (Å²) in [5.41, 5.74) is 0. The number of hydrogen-bond donors (Lipinski definition) is 0. The zero-order valence-electron chi connectivity index (χ0n) is 9.40. The van der Waals surface area contributed by atoms with Crippen LogP contribution in [-0.2, 0) is 0 Å². The van der Waals surface area contributed by atoms with Crippen molar-refractivity contribution in [2.24, 2.45) is 0 Å². The molecule has 0 spiro atoms. The fourth-order valence-electron chi connectivity index (χ4n) is 0.950. The van der Waals surface area contributed by atoms with Gasteiger partial charge in [-0.3, -0.25) is 0 Å². The van der Waals surface area contributed by atoms with Crippen molar-refractivity contribution in [1.82, 2.24) is 0 Å². The van der Waals surface area contributed by atoms with Crippen molar-refractivity contribution >= 4 is 23.5 Å². The Kier molecular flexibility index (Phi) is 9.54. The molecule has 82 valence electrons. The minimum atomic E-state index is 0.961. The highest BCUT2D eigenvalue weighted by atomic mass is 32.2. The lowest BCUT2D eigenvalue weighted by Crippen LogP contribution is -1.73. The summed E-state index contributed by atoms with van der Waals surface area (Å²) in [4.78, 5) is 2.55. The molecule has 0 bridgehead atoms. The molecule has 0 fully saturated rings. The smallest absolute Gasteiger partial charge is 0.00658 e. The largest absolute Gasteiger partial charge is 0.134 e. The van der Waals surface area contributed by atoms with Gasteiger partial charge in [-0.05, 0) is 29.9 Å². The van der Waals surface area contributed by atoms with Crippen LogP contribution in [0, 0.1) is 0 Å². The quantitative estimate of drug-likeness (QED) is 0.584. The van der Waals surface area contributed by atoms with Crippen LogP contribution >= 0.6 is 23.5 Å². The SMILES string of the molecule is C=C/C=C(/C/C=C\C(=C/C=C)SC)SC. The van der Waals surface area contributed by atoms with Gasteiger partial charge in [0, 0.05) is 4.91 Å². The van der Waals surface area contributed by atoms with Crippen molar-refractivity contribution in [2.45, 2.75) is 6.42 Å². The summed E-state index contributed by atoms with van der Waals surface area (Å²) in [6.45, 7) is 7.38. The van der Waals surface area contributed by atoms with Crippen LogP contribution in [0.2, 0.25) is 0 Å². The molecule has 2 heteroatoms. The van der Waals surface area contributed by atoms with Crippen LogP contribution < -0.4 is 0 Å². The van der Waals surface area contributed by atoms with Crippen molar-refractivity contribution < 1.29 is 0 Å². The number of hydrogen-bond acceptors (Lipinski definition) is 2. The van der Waals surface area contributed by atoms with Gasteiger partial charge in [-0.2, -0.15) is 0 Å². The van der Waals surface area contributed by atoms with Crippen LogP contribution in [0.3, 0.4) is 0 Å². The maximum atomic E-state index is 3.69. The Morgan fingerprint density at radius 1 is 1.07 bits per heavy atom. The first-order valence-corrected chi connectivity index (χ1v) is 7.12.